The van der Waals surface area contributed by atoms with Gasteiger partial charge in [0.1, 0.15) is 0 Å². The zero-order chi connectivity index (χ0) is 12.3. The summed E-state index contributed by atoms with van der Waals surface area (Å²) in [6.07, 6.45) is 0.447. The minimum Gasteiger partial charge on any atom is -0.465 e. The number of carbonyl (C=O) groups is 2. The van der Waals surface area contributed by atoms with E-state index in [9.17, 15) is 9.59 Å². The van der Waals surface area contributed by atoms with Gasteiger partial charge in [0, 0.05) is 19.6 Å². The number of hydrogen-bond donors (Lipinski definition) is 1. The first-order valence-corrected chi connectivity index (χ1v) is 5.28. The van der Waals surface area contributed by atoms with Crippen molar-refractivity contribution in [3.05, 3.63) is 0 Å². The van der Waals surface area contributed by atoms with Gasteiger partial charge in [0.25, 0.3) is 5.91 Å². The maximum Gasteiger partial charge on any atom is 0.407 e. The Bertz CT molecular complexity index is 282. The SMILES string of the molecule is CON(C)C(=O)C1CCC(C)N(C(=O)O)C1. The maximum absolute atomic E-state index is 11.8. The summed E-state index contributed by atoms with van der Waals surface area (Å²) in [7, 11) is 2.95. The van der Waals surface area contributed by atoms with Gasteiger partial charge >= 0.3 is 6.09 Å². The summed E-state index contributed by atoms with van der Waals surface area (Å²) in [5.74, 6) is -0.460. The van der Waals surface area contributed by atoms with Crippen LogP contribution >= 0.6 is 0 Å². The third-order valence-corrected chi connectivity index (χ3v) is 3.06. The first-order valence-electron chi connectivity index (χ1n) is 5.28. The average molecular weight is 230 g/mol. The molecule has 1 heterocycles. The zero-order valence-electron chi connectivity index (χ0n) is 9.84. The number of hydrogen-bond acceptors (Lipinski definition) is 3. The molecule has 1 aliphatic rings. The van der Waals surface area contributed by atoms with Gasteiger partial charge in [0.15, 0.2) is 0 Å². The largest absolute Gasteiger partial charge is 0.465 e. The summed E-state index contributed by atoms with van der Waals surface area (Å²) >= 11 is 0. The normalized spacial score (nSPS) is 25.3. The highest BCUT2D eigenvalue weighted by Gasteiger charge is 2.33. The van der Waals surface area contributed by atoms with Crippen LogP contribution in [-0.2, 0) is 9.63 Å². The van der Waals surface area contributed by atoms with Crippen molar-refractivity contribution < 1.29 is 19.5 Å². The van der Waals surface area contributed by atoms with Crippen molar-refractivity contribution in [2.75, 3.05) is 20.7 Å². The number of nitrogens with zero attached hydrogens (tertiary/aromatic N) is 2. The first kappa shape index (κ1) is 12.8. The molecule has 92 valence electrons. The Kier molecular flexibility index (Phi) is 4.12. The molecule has 6 heteroatoms. The summed E-state index contributed by atoms with van der Waals surface area (Å²) in [6.45, 7) is 2.11. The smallest absolute Gasteiger partial charge is 0.407 e. The molecule has 1 fully saturated rings. The van der Waals surface area contributed by atoms with E-state index in [2.05, 4.69) is 0 Å². The Morgan fingerprint density at radius 1 is 1.44 bits per heavy atom. The van der Waals surface area contributed by atoms with Gasteiger partial charge in [-0.1, -0.05) is 0 Å². The van der Waals surface area contributed by atoms with Crippen LogP contribution in [0.1, 0.15) is 19.8 Å². The fourth-order valence-electron chi connectivity index (χ4n) is 1.92. The first-order chi connectivity index (χ1) is 7.47. The summed E-state index contributed by atoms with van der Waals surface area (Å²) in [5, 5.41) is 10.1. The van der Waals surface area contributed by atoms with Crippen LogP contribution in [0, 0.1) is 5.92 Å². The van der Waals surface area contributed by atoms with Crippen LogP contribution in [0.5, 0.6) is 0 Å². The van der Waals surface area contributed by atoms with Crippen molar-refractivity contribution in [3.63, 3.8) is 0 Å². The number of carbonyl (C=O) groups excluding carboxylic acids is 1. The predicted octanol–water partition coefficient (Wildman–Crippen LogP) is 0.785. The highest BCUT2D eigenvalue weighted by molar-refractivity contribution is 5.78. The van der Waals surface area contributed by atoms with Gasteiger partial charge in [-0.3, -0.25) is 9.63 Å². The lowest BCUT2D eigenvalue weighted by molar-refractivity contribution is -0.175. The van der Waals surface area contributed by atoms with Crippen molar-refractivity contribution >= 4 is 12.0 Å². The highest BCUT2D eigenvalue weighted by atomic mass is 16.7. The van der Waals surface area contributed by atoms with E-state index in [4.69, 9.17) is 9.94 Å². The molecular weight excluding hydrogens is 212 g/mol. The number of likely N-dealkylation sites (tertiary alicyclic amines) is 1. The molecule has 0 aromatic rings. The summed E-state index contributed by atoms with van der Waals surface area (Å²) in [4.78, 5) is 28.8. The molecule has 1 saturated heterocycles. The Morgan fingerprint density at radius 2 is 2.06 bits per heavy atom. The summed E-state index contributed by atoms with van der Waals surface area (Å²) in [5.41, 5.74) is 0. The Morgan fingerprint density at radius 3 is 2.56 bits per heavy atom. The predicted molar refractivity (Wildman–Crippen MR) is 56.7 cm³/mol. The van der Waals surface area contributed by atoms with E-state index in [1.165, 1.54) is 19.1 Å². The molecule has 0 aromatic carbocycles. The van der Waals surface area contributed by atoms with Crippen LogP contribution < -0.4 is 0 Å². The van der Waals surface area contributed by atoms with Crippen molar-refractivity contribution in [3.8, 4) is 0 Å². The molecule has 2 unspecified atom stereocenters. The fraction of sp³-hybridized carbons (Fsp3) is 0.800. The Hall–Kier alpha value is -1.30. The molecule has 0 bridgehead atoms. The molecule has 16 heavy (non-hydrogen) atoms. The van der Waals surface area contributed by atoms with Crippen molar-refractivity contribution in [1.29, 1.82) is 0 Å². The van der Waals surface area contributed by atoms with Gasteiger partial charge in [-0.25, -0.2) is 9.86 Å². The van der Waals surface area contributed by atoms with Crippen molar-refractivity contribution in [1.82, 2.24) is 9.96 Å². The Balaban J connectivity index is 2.65. The van der Waals surface area contributed by atoms with Crippen LogP contribution in [0.25, 0.3) is 0 Å². The summed E-state index contributed by atoms with van der Waals surface area (Å²) in [6, 6.07) is -0.0191. The number of hydroxylamine groups is 2. The molecule has 0 spiro atoms. The van der Waals surface area contributed by atoms with Crippen LogP contribution in [0.15, 0.2) is 0 Å². The van der Waals surface area contributed by atoms with Crippen molar-refractivity contribution in [2.24, 2.45) is 5.92 Å². The zero-order valence-corrected chi connectivity index (χ0v) is 9.84. The van der Waals surface area contributed by atoms with E-state index >= 15 is 0 Å². The second kappa shape index (κ2) is 5.16. The molecule has 6 nitrogen and oxygen atoms in total. The molecule has 1 rings (SSSR count). The lowest BCUT2D eigenvalue weighted by Crippen LogP contribution is -2.49. The van der Waals surface area contributed by atoms with Crippen LogP contribution in [0.3, 0.4) is 0 Å². The third-order valence-electron chi connectivity index (χ3n) is 3.06. The monoisotopic (exact) mass is 230 g/mol. The van der Waals surface area contributed by atoms with E-state index in [1.54, 1.807) is 0 Å². The Labute approximate surface area is 94.7 Å². The topological polar surface area (TPSA) is 70.1 Å². The molecule has 0 radical (unpaired) electrons. The number of amides is 2. The molecule has 0 aromatic heterocycles. The van der Waals surface area contributed by atoms with Gasteiger partial charge in [-0.2, -0.15) is 0 Å². The van der Waals surface area contributed by atoms with Gasteiger partial charge < -0.3 is 10.0 Å². The van der Waals surface area contributed by atoms with Gasteiger partial charge in [-0.15, -0.1) is 0 Å². The molecule has 1 N–H and O–H groups in total. The second-order valence-corrected chi connectivity index (χ2v) is 4.08. The number of rotatable bonds is 2. The standard InChI is InChI=1S/C10H18N2O4/c1-7-4-5-8(6-12(7)10(14)15)9(13)11(2)16-3/h7-8H,4-6H2,1-3H3,(H,14,15). The van der Waals surface area contributed by atoms with Crippen molar-refractivity contribution in [2.45, 2.75) is 25.8 Å². The average Bonchev–Trinajstić information content (AvgIpc) is 2.27. The van der Waals surface area contributed by atoms with Gasteiger partial charge in [-0.05, 0) is 19.8 Å². The van der Waals surface area contributed by atoms with Gasteiger partial charge in [0.05, 0.1) is 13.0 Å². The third kappa shape index (κ3) is 2.63. The van der Waals surface area contributed by atoms with E-state index in [0.717, 1.165) is 5.06 Å². The van der Waals surface area contributed by atoms with E-state index in [1.807, 2.05) is 6.92 Å². The summed E-state index contributed by atoms with van der Waals surface area (Å²) < 4.78 is 0. The van der Waals surface area contributed by atoms with Crippen LogP contribution in [0.4, 0.5) is 4.79 Å². The lowest BCUT2D eigenvalue weighted by atomic mass is 9.93. The highest BCUT2D eigenvalue weighted by Crippen LogP contribution is 2.23. The van der Waals surface area contributed by atoms with E-state index < -0.39 is 6.09 Å². The molecule has 2 amide bonds. The van der Waals surface area contributed by atoms with Crippen LogP contribution in [-0.4, -0.2) is 53.8 Å². The van der Waals surface area contributed by atoms with E-state index in [-0.39, 0.29) is 24.4 Å². The fourth-order valence-corrected chi connectivity index (χ4v) is 1.92. The molecular formula is C10H18N2O4. The molecule has 0 saturated carbocycles. The maximum atomic E-state index is 11.8. The van der Waals surface area contributed by atoms with Gasteiger partial charge in [0.2, 0.25) is 0 Å². The minimum atomic E-state index is -0.968. The van der Waals surface area contributed by atoms with Crippen LogP contribution in [0.2, 0.25) is 0 Å². The number of piperidine rings is 1. The number of carboxylic acid groups (broad SMARTS) is 1. The second-order valence-electron chi connectivity index (χ2n) is 4.08. The molecule has 1 aliphatic heterocycles. The lowest BCUT2D eigenvalue weighted by Gasteiger charge is -2.36. The molecule has 0 aliphatic carbocycles. The quantitative estimate of drug-likeness (QED) is 0.712. The van der Waals surface area contributed by atoms with E-state index in [0.29, 0.717) is 12.8 Å². The minimum absolute atomic E-state index is 0.0191. The molecule has 2 atom stereocenters.